The molecule has 3 rings (SSSR count). The van der Waals surface area contributed by atoms with Gasteiger partial charge in [0.25, 0.3) is 0 Å². The Morgan fingerprint density at radius 3 is 3.00 bits per heavy atom. The minimum absolute atomic E-state index is 0.372. The van der Waals surface area contributed by atoms with Crippen molar-refractivity contribution in [3.8, 4) is 0 Å². The number of nitrogens with one attached hydrogen (secondary N) is 1. The lowest BCUT2D eigenvalue weighted by Gasteiger charge is -2.44. The molecule has 1 N–H and O–H groups in total. The van der Waals surface area contributed by atoms with Crippen LogP contribution in [0.3, 0.4) is 0 Å². The Hall–Kier alpha value is 0.230. The van der Waals surface area contributed by atoms with E-state index in [1.807, 2.05) is 0 Å². The Kier molecular flexibility index (Phi) is 4.73. The summed E-state index contributed by atoms with van der Waals surface area (Å²) in [5.41, 5.74) is 0.372. The molecule has 3 aliphatic rings. The minimum atomic E-state index is 0.372. The molecule has 2 aliphatic heterocycles. The van der Waals surface area contributed by atoms with E-state index in [-0.39, 0.29) is 0 Å². The standard InChI is InChI=1S/C15H28N2OS/c1-13-9-19-8-6-17(13)11-15(5-2-7-18-12-15)10-16-14-3-4-14/h13-14,16H,2-12H2,1H3. The van der Waals surface area contributed by atoms with E-state index in [1.54, 1.807) is 0 Å². The summed E-state index contributed by atoms with van der Waals surface area (Å²) in [7, 11) is 0. The first-order valence-corrected chi connectivity index (χ1v) is 9.06. The van der Waals surface area contributed by atoms with Crippen molar-refractivity contribution in [2.45, 2.75) is 44.7 Å². The first-order valence-electron chi connectivity index (χ1n) is 7.90. The van der Waals surface area contributed by atoms with Gasteiger partial charge >= 0.3 is 0 Å². The van der Waals surface area contributed by atoms with Gasteiger partial charge < -0.3 is 10.1 Å². The van der Waals surface area contributed by atoms with Crippen LogP contribution in [0, 0.1) is 5.41 Å². The Morgan fingerprint density at radius 2 is 2.32 bits per heavy atom. The molecule has 2 saturated heterocycles. The molecular formula is C15H28N2OS. The monoisotopic (exact) mass is 284 g/mol. The summed E-state index contributed by atoms with van der Waals surface area (Å²) < 4.78 is 5.84. The fraction of sp³-hybridized carbons (Fsp3) is 1.00. The summed E-state index contributed by atoms with van der Waals surface area (Å²) in [5, 5.41) is 3.76. The van der Waals surface area contributed by atoms with Gasteiger partial charge in [-0.25, -0.2) is 0 Å². The molecule has 0 radical (unpaired) electrons. The zero-order valence-electron chi connectivity index (χ0n) is 12.2. The fourth-order valence-electron chi connectivity index (χ4n) is 3.31. The zero-order valence-corrected chi connectivity index (χ0v) is 13.0. The highest BCUT2D eigenvalue weighted by Crippen LogP contribution is 2.32. The highest BCUT2D eigenvalue weighted by atomic mass is 32.2. The van der Waals surface area contributed by atoms with Crippen LogP contribution in [0.1, 0.15) is 32.6 Å². The summed E-state index contributed by atoms with van der Waals surface area (Å²) in [6.45, 7) is 7.97. The average Bonchev–Trinajstić information content (AvgIpc) is 3.25. The van der Waals surface area contributed by atoms with Gasteiger partial charge in [-0.15, -0.1) is 0 Å². The van der Waals surface area contributed by atoms with Crippen molar-refractivity contribution in [3.05, 3.63) is 0 Å². The molecule has 0 bridgehead atoms. The molecule has 1 saturated carbocycles. The molecule has 1 aliphatic carbocycles. The Bertz CT molecular complexity index is 290. The van der Waals surface area contributed by atoms with Crippen LogP contribution in [-0.2, 0) is 4.74 Å². The predicted molar refractivity (Wildman–Crippen MR) is 81.9 cm³/mol. The topological polar surface area (TPSA) is 24.5 Å². The van der Waals surface area contributed by atoms with Crippen LogP contribution < -0.4 is 5.32 Å². The second-order valence-corrected chi connectivity index (χ2v) is 7.86. The van der Waals surface area contributed by atoms with E-state index < -0.39 is 0 Å². The second-order valence-electron chi connectivity index (χ2n) is 6.71. The third-order valence-electron chi connectivity index (χ3n) is 4.79. The van der Waals surface area contributed by atoms with Crippen LogP contribution in [0.2, 0.25) is 0 Å². The molecule has 4 heteroatoms. The maximum absolute atomic E-state index is 5.84. The van der Waals surface area contributed by atoms with E-state index in [1.165, 1.54) is 50.3 Å². The van der Waals surface area contributed by atoms with Gasteiger partial charge in [0.15, 0.2) is 0 Å². The van der Waals surface area contributed by atoms with E-state index in [2.05, 4.69) is 28.9 Å². The highest BCUT2D eigenvalue weighted by Gasteiger charge is 2.37. The van der Waals surface area contributed by atoms with Crippen molar-refractivity contribution in [1.82, 2.24) is 10.2 Å². The fourth-order valence-corrected chi connectivity index (χ4v) is 4.39. The number of hydrogen-bond donors (Lipinski definition) is 1. The maximum atomic E-state index is 5.84. The molecule has 19 heavy (non-hydrogen) atoms. The van der Waals surface area contributed by atoms with Crippen molar-refractivity contribution in [1.29, 1.82) is 0 Å². The normalized spacial score (nSPS) is 37.4. The minimum Gasteiger partial charge on any atom is -0.381 e. The maximum Gasteiger partial charge on any atom is 0.0546 e. The summed E-state index contributed by atoms with van der Waals surface area (Å²) in [5.74, 6) is 2.60. The lowest BCUT2D eigenvalue weighted by molar-refractivity contribution is -0.0301. The average molecular weight is 284 g/mol. The van der Waals surface area contributed by atoms with E-state index in [4.69, 9.17) is 4.74 Å². The van der Waals surface area contributed by atoms with Gasteiger partial charge in [-0.1, -0.05) is 0 Å². The van der Waals surface area contributed by atoms with Crippen LogP contribution in [0.5, 0.6) is 0 Å². The molecule has 110 valence electrons. The molecule has 0 spiro atoms. The third kappa shape index (κ3) is 3.87. The number of hydrogen-bond acceptors (Lipinski definition) is 4. The van der Waals surface area contributed by atoms with Crippen LogP contribution in [-0.4, -0.2) is 61.3 Å². The molecule has 0 aromatic carbocycles. The van der Waals surface area contributed by atoms with Gasteiger partial charge in [-0.05, 0) is 32.6 Å². The SMILES string of the molecule is CC1CSCCN1CC1(CNC2CC2)CCCOC1. The summed E-state index contributed by atoms with van der Waals surface area (Å²) in [6, 6.07) is 1.55. The first-order chi connectivity index (χ1) is 9.27. The number of ether oxygens (including phenoxy) is 1. The van der Waals surface area contributed by atoms with Crippen molar-refractivity contribution < 1.29 is 4.74 Å². The molecule has 0 aromatic rings. The van der Waals surface area contributed by atoms with E-state index >= 15 is 0 Å². The third-order valence-corrected chi connectivity index (χ3v) is 5.98. The Morgan fingerprint density at radius 1 is 1.42 bits per heavy atom. The van der Waals surface area contributed by atoms with Crippen molar-refractivity contribution in [2.75, 3.05) is 44.4 Å². The quantitative estimate of drug-likeness (QED) is 0.834. The number of thioether (sulfide) groups is 1. The molecular weight excluding hydrogens is 256 g/mol. The largest absolute Gasteiger partial charge is 0.381 e. The second kappa shape index (κ2) is 6.33. The van der Waals surface area contributed by atoms with Gasteiger partial charge in [-0.2, -0.15) is 11.8 Å². The van der Waals surface area contributed by atoms with Crippen LogP contribution in [0.25, 0.3) is 0 Å². The summed E-state index contributed by atoms with van der Waals surface area (Å²) in [6.07, 6.45) is 5.34. The van der Waals surface area contributed by atoms with Gasteiger partial charge in [0.1, 0.15) is 0 Å². The Labute approximate surface area is 121 Å². The number of nitrogens with zero attached hydrogens (tertiary/aromatic N) is 1. The molecule has 2 atom stereocenters. The molecule has 0 amide bonds. The van der Waals surface area contributed by atoms with Crippen molar-refractivity contribution >= 4 is 11.8 Å². The Balaban J connectivity index is 1.59. The zero-order chi connectivity index (χ0) is 13.1. The lowest BCUT2D eigenvalue weighted by atomic mass is 9.81. The molecule has 3 fully saturated rings. The highest BCUT2D eigenvalue weighted by molar-refractivity contribution is 7.99. The van der Waals surface area contributed by atoms with E-state index in [0.717, 1.165) is 31.8 Å². The van der Waals surface area contributed by atoms with Gasteiger partial charge in [0.05, 0.1) is 6.61 Å². The summed E-state index contributed by atoms with van der Waals surface area (Å²) >= 11 is 2.11. The van der Waals surface area contributed by atoms with Crippen LogP contribution in [0.4, 0.5) is 0 Å². The summed E-state index contributed by atoms with van der Waals surface area (Å²) in [4.78, 5) is 2.71. The van der Waals surface area contributed by atoms with Crippen LogP contribution in [0.15, 0.2) is 0 Å². The lowest BCUT2D eigenvalue weighted by Crippen LogP contribution is -2.53. The predicted octanol–water partition coefficient (Wildman–Crippen LogP) is 1.97. The molecule has 2 heterocycles. The van der Waals surface area contributed by atoms with Crippen molar-refractivity contribution in [3.63, 3.8) is 0 Å². The van der Waals surface area contributed by atoms with Gasteiger partial charge in [-0.3, -0.25) is 4.90 Å². The van der Waals surface area contributed by atoms with Gasteiger partial charge in [0, 0.05) is 55.2 Å². The molecule has 0 aromatic heterocycles. The first kappa shape index (κ1) is 14.2. The molecule has 2 unspecified atom stereocenters. The van der Waals surface area contributed by atoms with E-state index in [0.29, 0.717) is 5.41 Å². The van der Waals surface area contributed by atoms with Gasteiger partial charge in [0.2, 0.25) is 0 Å². The number of rotatable bonds is 5. The van der Waals surface area contributed by atoms with E-state index in [9.17, 15) is 0 Å². The van der Waals surface area contributed by atoms with Crippen molar-refractivity contribution in [2.24, 2.45) is 5.41 Å². The smallest absolute Gasteiger partial charge is 0.0546 e. The van der Waals surface area contributed by atoms with Crippen LogP contribution >= 0.6 is 11.8 Å². The molecule has 3 nitrogen and oxygen atoms in total.